The number of thiophene rings is 2. The fourth-order valence-corrected chi connectivity index (χ4v) is 11.2. The largest absolute Gasteiger partial charge is 0.134 e. The van der Waals surface area contributed by atoms with E-state index < -0.39 is 0 Å². The Balaban J connectivity index is 0.945. The summed E-state index contributed by atoms with van der Waals surface area (Å²) in [5, 5.41) is 12.6. The molecule has 0 aliphatic heterocycles. The van der Waals surface area contributed by atoms with Crippen molar-refractivity contribution in [1.29, 1.82) is 0 Å². The van der Waals surface area contributed by atoms with Gasteiger partial charge >= 0.3 is 0 Å². The van der Waals surface area contributed by atoms with Crippen LogP contribution < -0.4 is 0 Å². The van der Waals surface area contributed by atoms with E-state index in [1.807, 2.05) is 22.7 Å². The predicted molar refractivity (Wildman–Crippen MR) is 262 cm³/mol. The Hall–Kier alpha value is -7.10. The van der Waals surface area contributed by atoms with Crippen LogP contribution in [0, 0.1) is 0 Å². The third-order valence-corrected chi connectivity index (χ3v) is 14.6. The Morgan fingerprint density at radius 1 is 0.200 bits per heavy atom. The first-order valence-electron chi connectivity index (χ1n) is 20.5. The SMILES string of the molecule is c1ccc2cc(-c3ccc(-c4ccc(-c5ccc(-c6ccc7c(-c8ccc9ccccc9c8)c8ccccc8c(-c8ccc9ccccc9c8)c7c6)cc5)s4)s3)ccc2c1. The Labute approximate surface area is 356 Å². The van der Waals surface area contributed by atoms with Crippen molar-refractivity contribution in [3.63, 3.8) is 0 Å². The molecule has 0 spiro atoms. The zero-order valence-electron chi connectivity index (χ0n) is 32.6. The maximum atomic E-state index is 2.43. The molecule has 0 aliphatic carbocycles. The molecule has 2 heteroatoms. The standard InChI is InChI=1S/C58H36S2/c1-4-12-42-33-46(24-19-37(42)9-1)54-30-32-56(60-54)55-31-29-53(59-55)41-22-17-40(18-23-41)45-27-28-51-52(36-45)58(48-26-21-39-11-3-6-14-44(39)35-48)50-16-8-7-15-49(50)57(51)47-25-20-38-10-2-5-13-43(38)34-47/h1-36H. The van der Waals surface area contributed by atoms with Gasteiger partial charge in [-0.25, -0.2) is 0 Å². The molecule has 2 aromatic heterocycles. The van der Waals surface area contributed by atoms with Crippen LogP contribution in [0.25, 0.3) is 118 Å². The van der Waals surface area contributed by atoms with Crippen LogP contribution in [-0.4, -0.2) is 0 Å². The van der Waals surface area contributed by atoms with E-state index in [2.05, 4.69) is 218 Å². The summed E-state index contributed by atoms with van der Waals surface area (Å²) < 4.78 is 0. The lowest BCUT2D eigenvalue weighted by Gasteiger charge is -2.19. The summed E-state index contributed by atoms with van der Waals surface area (Å²) in [6, 6.07) is 80.9. The highest BCUT2D eigenvalue weighted by Crippen LogP contribution is 2.46. The third kappa shape index (κ3) is 6.04. The molecule has 0 N–H and O–H groups in total. The number of fused-ring (bicyclic) bond motifs is 5. The van der Waals surface area contributed by atoms with Crippen LogP contribution in [0.2, 0.25) is 0 Å². The van der Waals surface area contributed by atoms with Gasteiger partial charge in [-0.15, -0.1) is 22.7 Å². The van der Waals surface area contributed by atoms with Crippen molar-refractivity contribution in [2.45, 2.75) is 0 Å². The normalized spacial score (nSPS) is 11.7. The van der Waals surface area contributed by atoms with E-state index in [1.165, 1.54) is 118 Å². The van der Waals surface area contributed by atoms with Gasteiger partial charge < -0.3 is 0 Å². The van der Waals surface area contributed by atoms with Gasteiger partial charge in [-0.1, -0.05) is 170 Å². The highest BCUT2D eigenvalue weighted by molar-refractivity contribution is 7.25. The minimum atomic E-state index is 1.21. The lowest BCUT2D eigenvalue weighted by Crippen LogP contribution is -1.92. The van der Waals surface area contributed by atoms with Crippen molar-refractivity contribution < 1.29 is 0 Å². The molecular formula is C58H36S2. The van der Waals surface area contributed by atoms with Gasteiger partial charge in [0.15, 0.2) is 0 Å². The molecule has 10 aromatic carbocycles. The Bertz CT molecular complexity index is 3600. The van der Waals surface area contributed by atoms with E-state index in [4.69, 9.17) is 0 Å². The molecule has 12 rings (SSSR count). The van der Waals surface area contributed by atoms with Crippen molar-refractivity contribution in [3.05, 3.63) is 218 Å². The van der Waals surface area contributed by atoms with E-state index in [9.17, 15) is 0 Å². The predicted octanol–water partition coefficient (Wildman–Crippen LogP) is 17.6. The summed E-state index contributed by atoms with van der Waals surface area (Å²) in [7, 11) is 0. The zero-order valence-corrected chi connectivity index (χ0v) is 34.2. The fourth-order valence-electron chi connectivity index (χ4n) is 9.09. The highest BCUT2D eigenvalue weighted by atomic mass is 32.1. The van der Waals surface area contributed by atoms with Gasteiger partial charge in [0.05, 0.1) is 0 Å². The average Bonchev–Trinajstić information content (AvgIpc) is 4.02. The fraction of sp³-hybridized carbons (Fsp3) is 0. The van der Waals surface area contributed by atoms with Crippen LogP contribution in [0.15, 0.2) is 218 Å². The molecule has 0 atom stereocenters. The summed E-state index contributed by atoms with van der Waals surface area (Å²) in [5.41, 5.74) is 9.95. The van der Waals surface area contributed by atoms with Gasteiger partial charge in [-0.3, -0.25) is 0 Å². The highest BCUT2D eigenvalue weighted by Gasteiger charge is 2.19. The van der Waals surface area contributed by atoms with Gasteiger partial charge in [0, 0.05) is 19.5 Å². The Morgan fingerprint density at radius 2 is 0.567 bits per heavy atom. The van der Waals surface area contributed by atoms with Crippen molar-refractivity contribution in [3.8, 4) is 64.0 Å². The molecule has 0 unspecified atom stereocenters. The number of benzene rings is 10. The van der Waals surface area contributed by atoms with Crippen molar-refractivity contribution in [2.75, 3.05) is 0 Å². The van der Waals surface area contributed by atoms with Crippen LogP contribution in [0.3, 0.4) is 0 Å². The zero-order chi connectivity index (χ0) is 39.6. The molecule has 0 saturated carbocycles. The van der Waals surface area contributed by atoms with Crippen molar-refractivity contribution in [2.24, 2.45) is 0 Å². The van der Waals surface area contributed by atoms with Gasteiger partial charge in [0.2, 0.25) is 0 Å². The van der Waals surface area contributed by atoms with Crippen LogP contribution >= 0.6 is 22.7 Å². The minimum absolute atomic E-state index is 1.21. The summed E-state index contributed by atoms with van der Waals surface area (Å²) in [4.78, 5) is 5.18. The number of rotatable bonds is 6. The first-order valence-corrected chi connectivity index (χ1v) is 22.1. The molecule has 0 amide bonds. The third-order valence-electron chi connectivity index (χ3n) is 12.1. The molecule has 12 aromatic rings. The topological polar surface area (TPSA) is 0 Å². The molecule has 2 heterocycles. The first-order chi connectivity index (χ1) is 29.7. The number of hydrogen-bond donors (Lipinski definition) is 0. The van der Waals surface area contributed by atoms with Gasteiger partial charge in [0.25, 0.3) is 0 Å². The summed E-state index contributed by atoms with van der Waals surface area (Å²) >= 11 is 3.73. The lowest BCUT2D eigenvalue weighted by molar-refractivity contribution is 1.63. The Kier molecular flexibility index (Phi) is 8.33. The van der Waals surface area contributed by atoms with Crippen LogP contribution in [0.5, 0.6) is 0 Å². The van der Waals surface area contributed by atoms with Crippen LogP contribution in [0.4, 0.5) is 0 Å². The quantitative estimate of drug-likeness (QED) is 0.147. The molecular weight excluding hydrogens is 761 g/mol. The van der Waals surface area contributed by atoms with Gasteiger partial charge in [-0.05, 0) is 147 Å². The lowest BCUT2D eigenvalue weighted by atomic mass is 9.84. The van der Waals surface area contributed by atoms with E-state index in [0.29, 0.717) is 0 Å². The van der Waals surface area contributed by atoms with Gasteiger partial charge in [0.1, 0.15) is 0 Å². The van der Waals surface area contributed by atoms with E-state index in [-0.39, 0.29) is 0 Å². The second-order valence-electron chi connectivity index (χ2n) is 15.6. The molecule has 0 nitrogen and oxygen atoms in total. The van der Waals surface area contributed by atoms with E-state index in [0.717, 1.165) is 0 Å². The molecule has 0 fully saturated rings. The molecule has 0 radical (unpaired) electrons. The van der Waals surface area contributed by atoms with Crippen LogP contribution in [0.1, 0.15) is 0 Å². The van der Waals surface area contributed by atoms with Crippen molar-refractivity contribution >= 4 is 76.5 Å². The molecule has 0 saturated heterocycles. The van der Waals surface area contributed by atoms with Crippen LogP contribution in [-0.2, 0) is 0 Å². The second kappa shape index (κ2) is 14.3. The average molecular weight is 797 g/mol. The monoisotopic (exact) mass is 796 g/mol. The maximum absolute atomic E-state index is 2.43. The summed E-state index contributed by atoms with van der Waals surface area (Å²) in [5.74, 6) is 0. The van der Waals surface area contributed by atoms with E-state index in [1.54, 1.807) is 0 Å². The molecule has 0 aliphatic rings. The minimum Gasteiger partial charge on any atom is -0.134 e. The summed E-state index contributed by atoms with van der Waals surface area (Å²) in [6.45, 7) is 0. The first kappa shape index (κ1) is 34.9. The van der Waals surface area contributed by atoms with Crippen molar-refractivity contribution in [1.82, 2.24) is 0 Å². The smallest absolute Gasteiger partial charge is 0.0449 e. The summed E-state index contributed by atoms with van der Waals surface area (Å²) in [6.07, 6.45) is 0. The maximum Gasteiger partial charge on any atom is 0.0449 e. The number of hydrogen-bond acceptors (Lipinski definition) is 2. The van der Waals surface area contributed by atoms with E-state index >= 15 is 0 Å². The molecule has 0 bridgehead atoms. The van der Waals surface area contributed by atoms with Gasteiger partial charge in [-0.2, -0.15) is 0 Å². The molecule has 60 heavy (non-hydrogen) atoms. The second-order valence-corrected chi connectivity index (χ2v) is 17.8. The Morgan fingerprint density at radius 3 is 1.12 bits per heavy atom. The molecule has 280 valence electrons.